The molecular formula is C67H59Br2ClN4O8. The molecule has 0 unspecified atom stereocenters. The van der Waals surface area contributed by atoms with E-state index in [1.165, 1.54) is 6.07 Å². The number of halogens is 3. The second-order valence-corrected chi connectivity index (χ2v) is 25.0. The van der Waals surface area contributed by atoms with E-state index in [1.807, 2.05) is 136 Å². The Morgan fingerprint density at radius 3 is 1.09 bits per heavy atom. The molecule has 2 amide bonds. The topological polar surface area (TPSA) is 216 Å². The number of anilines is 4. The van der Waals surface area contributed by atoms with Crippen LogP contribution in [0.1, 0.15) is 126 Å². The summed E-state index contributed by atoms with van der Waals surface area (Å²) in [7, 11) is 0. The van der Waals surface area contributed by atoms with E-state index < -0.39 is 10.8 Å². The highest BCUT2D eigenvalue weighted by atomic mass is 79.9. The second-order valence-electron chi connectivity index (χ2n) is 22.9. The summed E-state index contributed by atoms with van der Waals surface area (Å²) in [5.74, 6) is -0.290. The van der Waals surface area contributed by atoms with E-state index in [1.54, 1.807) is 71.9 Å². The van der Waals surface area contributed by atoms with E-state index in [-0.39, 0.29) is 57.0 Å². The minimum Gasteiger partial charge on any atom is -0.506 e. The Labute approximate surface area is 498 Å². The van der Waals surface area contributed by atoms with E-state index in [9.17, 15) is 38.7 Å². The first-order valence-electron chi connectivity index (χ1n) is 26.1. The predicted octanol–water partition coefficient (Wildman–Crippen LogP) is 15.8. The number of rotatable bonds is 2. The number of carbonyl (C=O) groups excluding carboxylic acids is 7. The number of fused-ring (bicyclic) bond motifs is 12. The molecule has 4 aliphatic rings. The number of nitrogens with one attached hydrogen (secondary N) is 2. The zero-order valence-electron chi connectivity index (χ0n) is 46.5. The van der Waals surface area contributed by atoms with Crippen molar-refractivity contribution in [3.63, 3.8) is 0 Å². The lowest BCUT2D eigenvalue weighted by Gasteiger charge is -2.19. The van der Waals surface area contributed by atoms with Crippen molar-refractivity contribution in [2.24, 2.45) is 16.2 Å². The molecule has 15 heteroatoms. The Bertz CT molecular complexity index is 3860. The number of carbonyl (C=O) groups is 7. The van der Waals surface area contributed by atoms with Gasteiger partial charge in [-0.1, -0.05) is 165 Å². The van der Waals surface area contributed by atoms with Crippen LogP contribution in [0.25, 0.3) is 44.5 Å². The fourth-order valence-corrected chi connectivity index (χ4v) is 9.81. The van der Waals surface area contributed by atoms with Crippen molar-refractivity contribution in [3.8, 4) is 50.3 Å². The SMILES string of the molecule is CC(C)(C)C(=O)Cl.CC(C)(C)C(=O)Nc1cc2c(cc1Br)-c1ccccc1C2=O.CC(C)(C)C(=O)Nc1cc2c(cc1O)-c1ccccc1C2=O.Nc1cc2c(cc1Br)-c1ccccc1C2=O.Nc1ccc2c(c1)C(=O)c1ccccc1-2. The summed E-state index contributed by atoms with van der Waals surface area (Å²) in [6.07, 6.45) is 0. The average Bonchev–Trinajstić information content (AvgIpc) is 4.07. The molecule has 8 aromatic carbocycles. The number of benzene rings is 8. The molecule has 7 N–H and O–H groups in total. The van der Waals surface area contributed by atoms with Crippen LogP contribution in [0.3, 0.4) is 0 Å². The van der Waals surface area contributed by atoms with Gasteiger partial charge in [0.25, 0.3) is 0 Å². The number of aromatic hydroxyl groups is 1. The van der Waals surface area contributed by atoms with Crippen molar-refractivity contribution in [1.29, 1.82) is 0 Å². The fourth-order valence-electron chi connectivity index (χ4n) is 9.03. The lowest BCUT2D eigenvalue weighted by Crippen LogP contribution is -2.27. The summed E-state index contributed by atoms with van der Waals surface area (Å²) in [6.45, 7) is 16.3. The normalized spacial score (nSPS) is 12.5. The van der Waals surface area contributed by atoms with Crippen LogP contribution in [-0.2, 0) is 14.4 Å². The fraction of sp³-hybridized carbons (Fsp3) is 0.179. The number of hydrogen-bond acceptors (Lipinski definition) is 10. The largest absolute Gasteiger partial charge is 0.506 e. The van der Waals surface area contributed by atoms with Crippen molar-refractivity contribution >= 4 is 106 Å². The maximum absolute atomic E-state index is 12.5. The molecule has 0 bridgehead atoms. The standard InChI is InChI=1S/C18H16BrNO2.C18H17NO3.C13H8BrNO.C13H9NO.C5H9ClO/c1-18(2,3)17(22)20-15-9-13-12(8-14(15)19)10-6-4-5-7-11(10)16(13)21;1-18(2,3)17(22)19-14-8-13-12(9-15(14)20)10-6-4-5-7-11(10)16(13)21;14-11-5-9-7-3-1-2-4-8(7)13(16)10(9)6-12(11)15;14-8-5-6-10-9-3-1-2-4-11(9)13(15)12(10)7-8;1-5(2,3)4(6)7/h4-9H,1-3H3,(H,20,22);4-9,20H,1-3H3,(H,19,22);1-6H,15H2;1-7H,14H2;1-3H3. The molecule has 0 heterocycles. The zero-order chi connectivity index (χ0) is 59.9. The number of ketones is 4. The molecular weight excluding hydrogens is 1180 g/mol. The van der Waals surface area contributed by atoms with Gasteiger partial charge in [0.2, 0.25) is 17.1 Å². The van der Waals surface area contributed by atoms with E-state index >= 15 is 0 Å². The maximum atomic E-state index is 12.5. The summed E-state index contributed by atoms with van der Waals surface area (Å²) in [5.41, 5.74) is 24.9. The average molecular weight is 1240 g/mol. The van der Waals surface area contributed by atoms with Gasteiger partial charge in [0, 0.05) is 81.1 Å². The van der Waals surface area contributed by atoms with Crippen molar-refractivity contribution in [1.82, 2.24) is 0 Å². The zero-order valence-corrected chi connectivity index (χ0v) is 50.5. The Morgan fingerprint density at radius 1 is 0.390 bits per heavy atom. The van der Waals surface area contributed by atoms with Crippen molar-refractivity contribution in [2.75, 3.05) is 22.1 Å². The summed E-state index contributed by atoms with van der Waals surface area (Å²) in [5, 5.41) is 15.5. The van der Waals surface area contributed by atoms with Crippen LogP contribution in [0.2, 0.25) is 0 Å². The van der Waals surface area contributed by atoms with E-state index in [0.29, 0.717) is 50.4 Å². The number of phenolic OH excluding ortho intramolecular Hbond substituents is 1. The molecule has 416 valence electrons. The molecule has 12 nitrogen and oxygen atoms in total. The molecule has 0 atom stereocenters. The van der Waals surface area contributed by atoms with Gasteiger partial charge in [0.05, 0.1) is 11.4 Å². The quantitative estimate of drug-likeness (QED) is 0.0627. The van der Waals surface area contributed by atoms with Gasteiger partial charge < -0.3 is 27.2 Å². The summed E-state index contributed by atoms with van der Waals surface area (Å²) in [4.78, 5) is 83.5. The molecule has 82 heavy (non-hydrogen) atoms. The highest BCUT2D eigenvalue weighted by Crippen LogP contribution is 2.44. The number of nitrogens with two attached hydrogens (primary N) is 2. The molecule has 4 aliphatic carbocycles. The minimum atomic E-state index is -0.585. The van der Waals surface area contributed by atoms with Crippen LogP contribution in [0.5, 0.6) is 5.75 Å². The maximum Gasteiger partial charge on any atom is 0.229 e. The third-order valence-electron chi connectivity index (χ3n) is 13.7. The van der Waals surface area contributed by atoms with Gasteiger partial charge in [-0.3, -0.25) is 33.6 Å². The van der Waals surface area contributed by atoms with Gasteiger partial charge in [-0.2, -0.15) is 0 Å². The van der Waals surface area contributed by atoms with Gasteiger partial charge in [0.1, 0.15) is 5.75 Å². The Morgan fingerprint density at radius 2 is 0.695 bits per heavy atom. The van der Waals surface area contributed by atoms with Crippen LogP contribution >= 0.6 is 43.5 Å². The van der Waals surface area contributed by atoms with Crippen LogP contribution in [0, 0.1) is 16.2 Å². The van der Waals surface area contributed by atoms with Crippen molar-refractivity contribution < 1.29 is 38.7 Å². The Balaban J connectivity index is 0.000000139. The molecule has 8 aromatic rings. The van der Waals surface area contributed by atoms with Crippen LogP contribution in [0.15, 0.2) is 161 Å². The Hall–Kier alpha value is -8.30. The number of nitrogen functional groups attached to an aromatic ring is 2. The predicted molar refractivity (Wildman–Crippen MR) is 334 cm³/mol. The number of amides is 2. The highest BCUT2D eigenvalue weighted by Gasteiger charge is 2.32. The number of phenols is 1. The molecule has 0 spiro atoms. The van der Waals surface area contributed by atoms with E-state index in [2.05, 4.69) is 42.5 Å². The van der Waals surface area contributed by atoms with Gasteiger partial charge in [-0.05, 0) is 136 Å². The summed E-state index contributed by atoms with van der Waals surface area (Å²) in [6, 6.07) is 46.0. The minimum absolute atomic E-state index is 0.00403. The van der Waals surface area contributed by atoms with Crippen LogP contribution < -0.4 is 22.1 Å². The van der Waals surface area contributed by atoms with Crippen LogP contribution in [-0.4, -0.2) is 45.3 Å². The van der Waals surface area contributed by atoms with Gasteiger partial charge >= 0.3 is 0 Å². The monoisotopic (exact) mass is 1240 g/mol. The molecule has 12 rings (SSSR count). The molecule has 0 aliphatic heterocycles. The number of hydrogen-bond donors (Lipinski definition) is 5. The third kappa shape index (κ3) is 12.3. The van der Waals surface area contributed by atoms with E-state index in [4.69, 9.17) is 23.1 Å². The van der Waals surface area contributed by atoms with Crippen molar-refractivity contribution in [2.45, 2.75) is 62.3 Å². The first-order valence-corrected chi connectivity index (χ1v) is 28.0. The van der Waals surface area contributed by atoms with Crippen LogP contribution in [0.4, 0.5) is 22.7 Å². The van der Waals surface area contributed by atoms with Crippen molar-refractivity contribution in [3.05, 3.63) is 205 Å². The molecule has 0 radical (unpaired) electrons. The second kappa shape index (κ2) is 23.3. The third-order valence-corrected chi connectivity index (χ3v) is 15.6. The lowest BCUT2D eigenvalue weighted by molar-refractivity contribution is -0.123. The molecule has 0 saturated heterocycles. The summed E-state index contributed by atoms with van der Waals surface area (Å²) < 4.78 is 1.60. The van der Waals surface area contributed by atoms with Gasteiger partial charge in [0.15, 0.2) is 23.1 Å². The molecule has 0 saturated carbocycles. The van der Waals surface area contributed by atoms with Gasteiger partial charge in [-0.15, -0.1) is 0 Å². The highest BCUT2D eigenvalue weighted by molar-refractivity contribution is 9.11. The molecule has 0 aromatic heterocycles. The summed E-state index contributed by atoms with van der Waals surface area (Å²) >= 11 is 12.0. The Kier molecular flexibility index (Phi) is 17.0. The van der Waals surface area contributed by atoms with E-state index in [0.717, 1.165) is 64.6 Å². The molecule has 0 fully saturated rings. The lowest BCUT2D eigenvalue weighted by atomic mass is 9.95. The smallest absolute Gasteiger partial charge is 0.229 e. The van der Waals surface area contributed by atoms with Gasteiger partial charge in [-0.25, -0.2) is 0 Å². The first kappa shape index (κ1) is 59.8. The first-order chi connectivity index (χ1) is 38.5.